The molecular weight excluding hydrogens is 385 g/mol. The normalized spacial score (nSPS) is 21.0. The molecule has 1 aliphatic heterocycles. The molecule has 5 rings (SSSR count). The average molecular weight is 404 g/mol. The van der Waals surface area contributed by atoms with Crippen molar-refractivity contribution in [1.82, 2.24) is 19.7 Å². The zero-order valence-electron chi connectivity index (χ0n) is 15.7. The third-order valence-electron chi connectivity index (χ3n) is 5.99. The fourth-order valence-corrected chi connectivity index (χ4v) is 4.29. The number of benzene rings is 1. The van der Waals surface area contributed by atoms with Gasteiger partial charge in [0.1, 0.15) is 11.3 Å². The third kappa shape index (κ3) is 3.04. The van der Waals surface area contributed by atoms with E-state index in [2.05, 4.69) is 15.1 Å². The summed E-state index contributed by atoms with van der Waals surface area (Å²) in [6, 6.07) is 1.95. The van der Waals surface area contributed by atoms with Gasteiger partial charge in [-0.05, 0) is 43.9 Å². The van der Waals surface area contributed by atoms with Crippen molar-refractivity contribution in [3.05, 3.63) is 35.7 Å². The fraction of sp³-hybridized carbons (Fsp3) is 0.450. The summed E-state index contributed by atoms with van der Waals surface area (Å²) in [5.74, 6) is -0.480. The second kappa shape index (κ2) is 6.16. The predicted octanol–water partition coefficient (Wildman–Crippen LogP) is 4.27. The lowest BCUT2D eigenvalue weighted by Gasteiger charge is -2.31. The zero-order valence-corrected chi connectivity index (χ0v) is 15.7. The van der Waals surface area contributed by atoms with E-state index in [1.165, 1.54) is 13.1 Å². The van der Waals surface area contributed by atoms with Gasteiger partial charge in [0.25, 0.3) is 0 Å². The molecule has 1 aliphatic carbocycles. The van der Waals surface area contributed by atoms with Crippen LogP contribution in [-0.4, -0.2) is 38.1 Å². The number of aromatic hydroxyl groups is 1. The Hall–Kier alpha value is -2.68. The summed E-state index contributed by atoms with van der Waals surface area (Å²) in [5, 5.41) is 14.8. The van der Waals surface area contributed by atoms with Gasteiger partial charge in [0.2, 0.25) is 0 Å². The van der Waals surface area contributed by atoms with Gasteiger partial charge in [0.05, 0.1) is 36.3 Å². The Morgan fingerprint density at radius 1 is 1.28 bits per heavy atom. The first-order valence-corrected chi connectivity index (χ1v) is 9.48. The summed E-state index contributed by atoms with van der Waals surface area (Å²) in [5.41, 5.74) is 1.05. The number of ether oxygens (including phenoxy) is 1. The second-order valence-electron chi connectivity index (χ2n) is 7.98. The van der Waals surface area contributed by atoms with Crippen LogP contribution < -0.4 is 0 Å². The van der Waals surface area contributed by atoms with Gasteiger partial charge in [0, 0.05) is 17.6 Å². The summed E-state index contributed by atoms with van der Waals surface area (Å²) in [7, 11) is 0. The first kappa shape index (κ1) is 18.4. The Morgan fingerprint density at radius 2 is 2.07 bits per heavy atom. The van der Waals surface area contributed by atoms with Gasteiger partial charge in [-0.1, -0.05) is 0 Å². The SMILES string of the molecule is Cc1cc(C(F)(F)F)cc(O)c1-c1cnc2cn([C@H]3CCOCC34CC4)nc2n1. The Kier molecular flexibility index (Phi) is 3.90. The van der Waals surface area contributed by atoms with E-state index in [1.54, 1.807) is 0 Å². The van der Waals surface area contributed by atoms with Crippen LogP contribution in [0.25, 0.3) is 22.4 Å². The van der Waals surface area contributed by atoms with Crippen molar-refractivity contribution in [1.29, 1.82) is 0 Å². The molecule has 1 saturated carbocycles. The van der Waals surface area contributed by atoms with E-state index >= 15 is 0 Å². The van der Waals surface area contributed by atoms with Crippen LogP contribution in [0, 0.1) is 12.3 Å². The van der Waals surface area contributed by atoms with Crippen molar-refractivity contribution in [3.8, 4) is 17.0 Å². The van der Waals surface area contributed by atoms with Crippen molar-refractivity contribution in [2.75, 3.05) is 13.2 Å². The number of phenolic OH excluding ortho intramolecular Hbond substituents is 1. The number of alkyl halides is 3. The highest BCUT2D eigenvalue weighted by Crippen LogP contribution is 2.57. The highest BCUT2D eigenvalue weighted by atomic mass is 19.4. The highest BCUT2D eigenvalue weighted by Gasteiger charge is 2.52. The van der Waals surface area contributed by atoms with Crippen LogP contribution in [0.1, 0.15) is 36.4 Å². The minimum atomic E-state index is -4.53. The molecule has 0 unspecified atom stereocenters. The first-order valence-electron chi connectivity index (χ1n) is 9.48. The zero-order chi connectivity index (χ0) is 20.4. The third-order valence-corrected chi connectivity index (χ3v) is 5.99. The molecule has 152 valence electrons. The van der Waals surface area contributed by atoms with E-state index < -0.39 is 17.5 Å². The van der Waals surface area contributed by atoms with Gasteiger partial charge in [0.15, 0.2) is 5.65 Å². The van der Waals surface area contributed by atoms with E-state index in [0.29, 0.717) is 29.5 Å². The monoisotopic (exact) mass is 404 g/mol. The van der Waals surface area contributed by atoms with Crippen molar-refractivity contribution >= 4 is 11.2 Å². The molecule has 2 aliphatic rings. The molecule has 0 bridgehead atoms. The Morgan fingerprint density at radius 3 is 2.76 bits per heavy atom. The molecule has 2 aromatic heterocycles. The largest absolute Gasteiger partial charge is 0.507 e. The molecular formula is C20H19F3N4O2. The van der Waals surface area contributed by atoms with Crippen molar-refractivity contribution in [2.45, 2.75) is 38.4 Å². The maximum absolute atomic E-state index is 13.0. The summed E-state index contributed by atoms with van der Waals surface area (Å²) >= 11 is 0. The minimum absolute atomic E-state index is 0.144. The van der Waals surface area contributed by atoms with E-state index in [1.807, 2.05) is 10.9 Å². The van der Waals surface area contributed by atoms with Gasteiger partial charge in [-0.25, -0.2) is 9.97 Å². The van der Waals surface area contributed by atoms with Crippen LogP contribution in [0.5, 0.6) is 5.75 Å². The Labute approximate surface area is 164 Å². The van der Waals surface area contributed by atoms with Crippen molar-refractivity contribution in [2.24, 2.45) is 5.41 Å². The molecule has 1 atom stereocenters. The number of rotatable bonds is 2. The van der Waals surface area contributed by atoms with Gasteiger partial charge in [-0.15, -0.1) is 0 Å². The number of nitrogens with zero attached hydrogens (tertiary/aromatic N) is 4. The first-order chi connectivity index (χ1) is 13.8. The number of hydrogen-bond donors (Lipinski definition) is 1. The van der Waals surface area contributed by atoms with Gasteiger partial charge < -0.3 is 9.84 Å². The van der Waals surface area contributed by atoms with E-state index in [0.717, 1.165) is 31.9 Å². The summed E-state index contributed by atoms with van der Waals surface area (Å²) in [4.78, 5) is 8.86. The lowest BCUT2D eigenvalue weighted by Crippen LogP contribution is -2.31. The van der Waals surface area contributed by atoms with Gasteiger partial charge in [-0.3, -0.25) is 4.68 Å². The van der Waals surface area contributed by atoms with Crippen LogP contribution in [0.15, 0.2) is 24.5 Å². The quantitative estimate of drug-likeness (QED) is 0.691. The van der Waals surface area contributed by atoms with Crippen molar-refractivity contribution in [3.63, 3.8) is 0 Å². The number of aryl methyl sites for hydroxylation is 1. The molecule has 3 aromatic rings. The van der Waals surface area contributed by atoms with E-state index in [-0.39, 0.29) is 22.6 Å². The standard InChI is InChI=1S/C20H19F3N4O2/c1-11-6-12(20(21,22)23)7-15(28)17(11)13-8-24-14-9-27(26-18(14)25-13)16-2-5-29-10-19(16)3-4-19/h6-9,16,28H,2-5,10H2,1H3/t16-/m0/s1. The molecule has 3 heterocycles. The molecule has 1 saturated heterocycles. The number of aromatic nitrogens is 4. The van der Waals surface area contributed by atoms with Crippen LogP contribution in [0.2, 0.25) is 0 Å². The van der Waals surface area contributed by atoms with Gasteiger partial charge >= 0.3 is 6.18 Å². The number of halogens is 3. The molecule has 9 heteroatoms. The number of fused-ring (bicyclic) bond motifs is 1. The van der Waals surface area contributed by atoms with Crippen LogP contribution in [0.4, 0.5) is 13.2 Å². The molecule has 1 spiro atoms. The highest BCUT2D eigenvalue weighted by molar-refractivity contribution is 5.77. The molecule has 1 aromatic carbocycles. The van der Waals surface area contributed by atoms with Gasteiger partial charge in [-0.2, -0.15) is 18.3 Å². The molecule has 29 heavy (non-hydrogen) atoms. The average Bonchev–Trinajstić information content (AvgIpc) is 3.28. The minimum Gasteiger partial charge on any atom is -0.507 e. The van der Waals surface area contributed by atoms with Crippen LogP contribution >= 0.6 is 0 Å². The predicted molar refractivity (Wildman–Crippen MR) is 98.3 cm³/mol. The topological polar surface area (TPSA) is 73.1 Å². The lowest BCUT2D eigenvalue weighted by molar-refractivity contribution is -0.137. The Balaban J connectivity index is 1.54. The summed E-state index contributed by atoms with van der Waals surface area (Å²) in [6.45, 7) is 2.93. The van der Waals surface area contributed by atoms with E-state index in [9.17, 15) is 18.3 Å². The molecule has 1 N–H and O–H groups in total. The summed E-state index contributed by atoms with van der Waals surface area (Å²) in [6.07, 6.45) is 1.89. The molecule has 0 amide bonds. The lowest BCUT2D eigenvalue weighted by atomic mass is 9.93. The number of hydrogen-bond acceptors (Lipinski definition) is 5. The summed E-state index contributed by atoms with van der Waals surface area (Å²) < 4.78 is 46.5. The van der Waals surface area contributed by atoms with E-state index in [4.69, 9.17) is 4.74 Å². The Bertz CT molecular complexity index is 1080. The number of phenols is 1. The fourth-order valence-electron chi connectivity index (χ4n) is 4.29. The molecule has 2 fully saturated rings. The molecule has 0 radical (unpaired) electrons. The maximum Gasteiger partial charge on any atom is 0.416 e. The molecule has 6 nitrogen and oxygen atoms in total. The second-order valence-corrected chi connectivity index (χ2v) is 7.98. The maximum atomic E-state index is 13.0. The van der Waals surface area contributed by atoms with Crippen molar-refractivity contribution < 1.29 is 23.0 Å². The van der Waals surface area contributed by atoms with Crippen LogP contribution in [0.3, 0.4) is 0 Å². The smallest absolute Gasteiger partial charge is 0.416 e. The van der Waals surface area contributed by atoms with Crippen LogP contribution in [-0.2, 0) is 10.9 Å².